The molecule has 0 aromatic carbocycles. The molecule has 0 spiro atoms. The van der Waals surface area contributed by atoms with Gasteiger partial charge in [0.1, 0.15) is 0 Å². The van der Waals surface area contributed by atoms with Crippen LogP contribution >= 0.6 is 0 Å². The highest BCUT2D eigenvalue weighted by atomic mass is 16.5. The van der Waals surface area contributed by atoms with Crippen LogP contribution < -0.4 is 0 Å². The SMILES string of the molecule is CC(=O)O.COC.COC.O. The molecule has 0 heterocycles. The van der Waals surface area contributed by atoms with Gasteiger partial charge in [-0.1, -0.05) is 0 Å². The summed E-state index contributed by atoms with van der Waals surface area (Å²) in [4.78, 5) is 9.00. The highest BCUT2D eigenvalue weighted by Gasteiger charge is 1.65. The summed E-state index contributed by atoms with van der Waals surface area (Å²) >= 11 is 0. The summed E-state index contributed by atoms with van der Waals surface area (Å²) in [7, 11) is 6.50. The zero-order valence-corrected chi connectivity index (χ0v) is 7.67. The molecule has 0 bridgehead atoms. The van der Waals surface area contributed by atoms with Crippen molar-refractivity contribution >= 4 is 5.97 Å². The molecule has 72 valence electrons. The second kappa shape index (κ2) is 34.5. The Kier molecular flexibility index (Phi) is 70.3. The van der Waals surface area contributed by atoms with E-state index in [1.165, 1.54) is 0 Å². The Morgan fingerprint density at radius 1 is 1.09 bits per heavy atom. The monoisotopic (exact) mass is 170 g/mol. The van der Waals surface area contributed by atoms with Crippen molar-refractivity contribution in [3.05, 3.63) is 0 Å². The third-order valence-corrected chi connectivity index (χ3v) is 0. The van der Waals surface area contributed by atoms with E-state index in [1.54, 1.807) is 28.4 Å². The van der Waals surface area contributed by atoms with E-state index in [0.717, 1.165) is 6.92 Å². The molecule has 0 aromatic rings. The minimum Gasteiger partial charge on any atom is -0.481 e. The topological polar surface area (TPSA) is 87.3 Å². The molecule has 0 aliphatic rings. The molecule has 0 saturated heterocycles. The zero-order chi connectivity index (χ0) is 8.99. The zero-order valence-electron chi connectivity index (χ0n) is 7.67. The van der Waals surface area contributed by atoms with Crippen LogP contribution in [0.25, 0.3) is 0 Å². The third kappa shape index (κ3) is 1200. The van der Waals surface area contributed by atoms with Crippen molar-refractivity contribution in [1.82, 2.24) is 0 Å². The van der Waals surface area contributed by atoms with Crippen LogP contribution in [-0.4, -0.2) is 45.0 Å². The van der Waals surface area contributed by atoms with E-state index in [-0.39, 0.29) is 5.48 Å². The minimum absolute atomic E-state index is 0. The van der Waals surface area contributed by atoms with Crippen molar-refractivity contribution in [2.24, 2.45) is 0 Å². The van der Waals surface area contributed by atoms with Gasteiger partial charge in [-0.15, -0.1) is 0 Å². The number of ether oxygens (including phenoxy) is 2. The van der Waals surface area contributed by atoms with E-state index < -0.39 is 5.97 Å². The quantitative estimate of drug-likeness (QED) is 0.545. The van der Waals surface area contributed by atoms with Crippen LogP contribution in [0.5, 0.6) is 0 Å². The van der Waals surface area contributed by atoms with Crippen LogP contribution in [0.3, 0.4) is 0 Å². The molecule has 0 aliphatic heterocycles. The van der Waals surface area contributed by atoms with E-state index in [2.05, 4.69) is 9.47 Å². The first kappa shape index (κ1) is 22.4. The Bertz CT molecular complexity index is 48.9. The average Bonchev–Trinajstić information content (AvgIpc) is 1.65. The van der Waals surface area contributed by atoms with Gasteiger partial charge in [-0.2, -0.15) is 0 Å². The molecule has 0 atom stereocenters. The van der Waals surface area contributed by atoms with Gasteiger partial charge in [0.2, 0.25) is 0 Å². The lowest BCUT2D eigenvalue weighted by atomic mass is 10.9. The summed E-state index contributed by atoms with van der Waals surface area (Å²) < 4.78 is 8.50. The number of carboxylic acids is 1. The molecule has 0 unspecified atom stereocenters. The second-order valence-corrected chi connectivity index (χ2v) is 1.34. The molecule has 0 saturated carbocycles. The van der Waals surface area contributed by atoms with E-state index in [4.69, 9.17) is 9.90 Å². The van der Waals surface area contributed by atoms with Crippen molar-refractivity contribution in [2.75, 3.05) is 28.4 Å². The molecule has 11 heavy (non-hydrogen) atoms. The smallest absolute Gasteiger partial charge is 0.300 e. The van der Waals surface area contributed by atoms with Crippen molar-refractivity contribution in [2.45, 2.75) is 6.92 Å². The van der Waals surface area contributed by atoms with Crippen LogP contribution in [0.2, 0.25) is 0 Å². The fourth-order valence-corrected chi connectivity index (χ4v) is 0. The Labute approximate surface area is 67.2 Å². The lowest BCUT2D eigenvalue weighted by Crippen LogP contribution is -1.78. The maximum absolute atomic E-state index is 9.00. The van der Waals surface area contributed by atoms with Crippen LogP contribution in [0, 0.1) is 0 Å². The number of methoxy groups -OCH3 is 2. The molecule has 0 rings (SSSR count). The lowest BCUT2D eigenvalue weighted by Gasteiger charge is -1.61. The summed E-state index contributed by atoms with van der Waals surface area (Å²) in [6.45, 7) is 1.08. The molecule has 0 aromatic heterocycles. The predicted octanol–water partition coefficient (Wildman–Crippen LogP) is -0.209. The standard InChI is InChI=1S/C2H4O2.2C2H6O.H2O/c1-2(3)4;2*1-3-2;/h1H3,(H,3,4);2*1-2H3;1H2. The fourth-order valence-electron chi connectivity index (χ4n) is 0. The number of hydrogen-bond acceptors (Lipinski definition) is 3. The van der Waals surface area contributed by atoms with E-state index in [0.29, 0.717) is 0 Å². The van der Waals surface area contributed by atoms with E-state index in [1.807, 2.05) is 0 Å². The Balaban J connectivity index is -0.0000000325. The molecule has 3 N–H and O–H groups in total. The minimum atomic E-state index is -0.833. The summed E-state index contributed by atoms with van der Waals surface area (Å²) in [5, 5.41) is 7.42. The van der Waals surface area contributed by atoms with Crippen LogP contribution in [0.4, 0.5) is 0 Å². The highest BCUT2D eigenvalue weighted by Crippen LogP contribution is 1.42. The summed E-state index contributed by atoms with van der Waals surface area (Å²) in [5.74, 6) is -0.833. The highest BCUT2D eigenvalue weighted by molar-refractivity contribution is 5.62. The third-order valence-electron chi connectivity index (χ3n) is 0. The average molecular weight is 170 g/mol. The van der Waals surface area contributed by atoms with Gasteiger partial charge in [0.05, 0.1) is 0 Å². The lowest BCUT2D eigenvalue weighted by molar-refractivity contribution is -0.134. The molecule has 0 radical (unpaired) electrons. The maximum Gasteiger partial charge on any atom is 0.300 e. The van der Waals surface area contributed by atoms with Gasteiger partial charge in [-0.3, -0.25) is 4.79 Å². The number of rotatable bonds is 0. The summed E-state index contributed by atoms with van der Waals surface area (Å²) in [5.41, 5.74) is 0. The first-order valence-electron chi connectivity index (χ1n) is 2.56. The van der Waals surface area contributed by atoms with Crippen molar-refractivity contribution < 1.29 is 24.9 Å². The Hall–Kier alpha value is -0.650. The maximum atomic E-state index is 9.00. The molecular formula is C6H18O5. The summed E-state index contributed by atoms with van der Waals surface area (Å²) in [6.07, 6.45) is 0. The van der Waals surface area contributed by atoms with Crippen molar-refractivity contribution in [3.8, 4) is 0 Å². The second-order valence-electron chi connectivity index (χ2n) is 1.34. The predicted molar refractivity (Wildman–Crippen MR) is 42.8 cm³/mol. The van der Waals surface area contributed by atoms with Crippen molar-refractivity contribution in [3.63, 3.8) is 0 Å². The molecule has 5 heteroatoms. The number of carboxylic acid groups (broad SMARTS) is 1. The normalized spacial score (nSPS) is 5.55. The molecule has 0 fully saturated rings. The van der Waals surface area contributed by atoms with Gasteiger partial charge >= 0.3 is 0 Å². The summed E-state index contributed by atoms with van der Waals surface area (Å²) in [6, 6.07) is 0. The van der Waals surface area contributed by atoms with Gasteiger partial charge in [-0.05, 0) is 0 Å². The van der Waals surface area contributed by atoms with Gasteiger partial charge in [0.15, 0.2) is 0 Å². The van der Waals surface area contributed by atoms with Gasteiger partial charge < -0.3 is 20.1 Å². The first-order chi connectivity index (χ1) is 4.56. The van der Waals surface area contributed by atoms with Crippen LogP contribution in [0.1, 0.15) is 6.92 Å². The molecule has 0 aliphatic carbocycles. The Morgan fingerprint density at radius 3 is 1.09 bits per heavy atom. The van der Waals surface area contributed by atoms with Gasteiger partial charge in [0, 0.05) is 35.4 Å². The first-order valence-corrected chi connectivity index (χ1v) is 2.56. The van der Waals surface area contributed by atoms with Gasteiger partial charge in [-0.25, -0.2) is 0 Å². The van der Waals surface area contributed by atoms with Crippen LogP contribution in [-0.2, 0) is 14.3 Å². The number of hydrogen-bond donors (Lipinski definition) is 1. The fraction of sp³-hybridized carbons (Fsp3) is 0.833. The Morgan fingerprint density at radius 2 is 1.09 bits per heavy atom. The van der Waals surface area contributed by atoms with E-state index >= 15 is 0 Å². The molecule has 5 nitrogen and oxygen atoms in total. The van der Waals surface area contributed by atoms with Crippen LogP contribution in [0.15, 0.2) is 0 Å². The number of carbonyl (C=O) groups is 1. The van der Waals surface area contributed by atoms with E-state index in [9.17, 15) is 0 Å². The number of aliphatic carboxylic acids is 1. The molecular weight excluding hydrogens is 152 g/mol. The van der Waals surface area contributed by atoms with Gasteiger partial charge in [0.25, 0.3) is 5.97 Å². The molecule has 0 amide bonds. The van der Waals surface area contributed by atoms with Crippen molar-refractivity contribution in [1.29, 1.82) is 0 Å². The largest absolute Gasteiger partial charge is 0.481 e.